The van der Waals surface area contributed by atoms with Gasteiger partial charge in [-0.05, 0) is 6.07 Å². The van der Waals surface area contributed by atoms with E-state index in [-0.39, 0.29) is 6.79 Å². The Morgan fingerprint density at radius 2 is 2.13 bits per heavy atom. The van der Waals surface area contributed by atoms with E-state index in [0.717, 1.165) is 17.1 Å². The molecule has 0 spiro atoms. The maximum Gasteiger partial charge on any atom is 0.231 e. The van der Waals surface area contributed by atoms with E-state index in [1.165, 1.54) is 0 Å². The summed E-state index contributed by atoms with van der Waals surface area (Å²) in [6, 6.07) is 3.65. The second-order valence-electron chi connectivity index (χ2n) is 3.12. The quantitative estimate of drug-likeness (QED) is 0.759. The third-order valence-electron chi connectivity index (χ3n) is 2.13. The number of ether oxygens (including phenoxy) is 3. The van der Waals surface area contributed by atoms with E-state index in [0.29, 0.717) is 18.9 Å². The molecule has 1 aromatic rings. The normalized spacial score (nSPS) is 12.6. The minimum Gasteiger partial charge on any atom is -0.489 e. The third-order valence-corrected chi connectivity index (χ3v) is 2.13. The van der Waals surface area contributed by atoms with Crippen LogP contribution in [0.15, 0.2) is 24.8 Å². The van der Waals surface area contributed by atoms with Crippen molar-refractivity contribution in [3.63, 3.8) is 0 Å². The van der Waals surface area contributed by atoms with Crippen LogP contribution >= 0.6 is 0 Å². The number of rotatable bonds is 4. The first-order valence-electron chi connectivity index (χ1n) is 4.71. The molecule has 4 nitrogen and oxygen atoms in total. The fourth-order valence-corrected chi connectivity index (χ4v) is 1.41. The number of fused-ring (bicyclic) bond motifs is 1. The third kappa shape index (κ3) is 1.89. The number of nitrogens with two attached hydrogens (primary N) is 1. The van der Waals surface area contributed by atoms with Crippen molar-refractivity contribution < 1.29 is 14.2 Å². The summed E-state index contributed by atoms with van der Waals surface area (Å²) in [5.74, 6) is 2.15. The van der Waals surface area contributed by atoms with E-state index >= 15 is 0 Å². The topological polar surface area (TPSA) is 53.7 Å². The molecule has 80 valence electrons. The van der Waals surface area contributed by atoms with Crippen molar-refractivity contribution in [2.75, 3.05) is 13.4 Å². The molecule has 0 amide bonds. The van der Waals surface area contributed by atoms with Crippen LogP contribution in [0.4, 0.5) is 0 Å². The van der Waals surface area contributed by atoms with E-state index in [1.54, 1.807) is 12.1 Å². The minimum absolute atomic E-state index is 0.254. The van der Waals surface area contributed by atoms with Crippen LogP contribution < -0.4 is 19.9 Å². The number of hydrogen-bond acceptors (Lipinski definition) is 4. The molecule has 15 heavy (non-hydrogen) atoms. The molecule has 0 fully saturated rings. The highest BCUT2D eigenvalue weighted by Crippen LogP contribution is 2.37. The number of hydrogen-bond donors (Lipinski definition) is 1. The Hall–Kier alpha value is -1.68. The zero-order chi connectivity index (χ0) is 10.7. The zero-order valence-corrected chi connectivity index (χ0v) is 8.36. The van der Waals surface area contributed by atoms with Gasteiger partial charge in [0.15, 0.2) is 11.5 Å². The van der Waals surface area contributed by atoms with Gasteiger partial charge in [-0.2, -0.15) is 0 Å². The monoisotopic (exact) mass is 207 g/mol. The van der Waals surface area contributed by atoms with E-state index in [1.807, 2.05) is 6.07 Å². The number of benzene rings is 1. The Balaban J connectivity index is 2.30. The van der Waals surface area contributed by atoms with Crippen LogP contribution in [-0.4, -0.2) is 13.4 Å². The summed E-state index contributed by atoms with van der Waals surface area (Å²) in [4.78, 5) is 0. The molecular formula is C11H13NO3. The molecule has 0 saturated heterocycles. The highest BCUT2D eigenvalue weighted by atomic mass is 16.7. The highest BCUT2D eigenvalue weighted by molar-refractivity contribution is 5.51. The van der Waals surface area contributed by atoms with E-state index < -0.39 is 0 Å². The predicted molar refractivity (Wildman–Crippen MR) is 56.1 cm³/mol. The average molecular weight is 207 g/mol. The summed E-state index contributed by atoms with van der Waals surface area (Å²) < 4.78 is 16.0. The SMILES string of the molecule is C=CCOc1cc2c(cc1CN)OCO2. The van der Waals surface area contributed by atoms with Gasteiger partial charge in [-0.1, -0.05) is 12.7 Å². The molecule has 2 rings (SSSR count). The second kappa shape index (κ2) is 4.23. The Bertz CT molecular complexity index is 376. The lowest BCUT2D eigenvalue weighted by atomic mass is 10.2. The fourth-order valence-electron chi connectivity index (χ4n) is 1.41. The van der Waals surface area contributed by atoms with Gasteiger partial charge in [0, 0.05) is 18.2 Å². The predicted octanol–water partition coefficient (Wildman–Crippen LogP) is 1.44. The summed E-state index contributed by atoms with van der Waals surface area (Å²) in [5, 5.41) is 0. The van der Waals surface area contributed by atoms with Gasteiger partial charge in [0.05, 0.1) is 0 Å². The lowest BCUT2D eigenvalue weighted by molar-refractivity contribution is 0.174. The van der Waals surface area contributed by atoms with Crippen molar-refractivity contribution >= 4 is 0 Å². The molecular weight excluding hydrogens is 194 g/mol. The lowest BCUT2D eigenvalue weighted by Gasteiger charge is -2.09. The summed E-state index contributed by atoms with van der Waals surface area (Å²) in [6.07, 6.45) is 1.69. The maximum absolute atomic E-state index is 5.61. The zero-order valence-electron chi connectivity index (χ0n) is 8.36. The summed E-state index contributed by atoms with van der Waals surface area (Å²) in [6.45, 7) is 4.70. The van der Waals surface area contributed by atoms with Crippen molar-refractivity contribution in [3.05, 3.63) is 30.4 Å². The van der Waals surface area contributed by atoms with Crippen molar-refractivity contribution in [2.24, 2.45) is 5.73 Å². The molecule has 1 aromatic carbocycles. The molecule has 0 saturated carbocycles. The summed E-state index contributed by atoms with van der Waals surface area (Å²) in [5.41, 5.74) is 6.52. The van der Waals surface area contributed by atoms with Crippen molar-refractivity contribution in [1.82, 2.24) is 0 Å². The van der Waals surface area contributed by atoms with Gasteiger partial charge < -0.3 is 19.9 Å². The molecule has 2 N–H and O–H groups in total. The fraction of sp³-hybridized carbons (Fsp3) is 0.273. The van der Waals surface area contributed by atoms with Crippen molar-refractivity contribution in [3.8, 4) is 17.2 Å². The molecule has 4 heteroatoms. The van der Waals surface area contributed by atoms with Crippen LogP contribution in [0.1, 0.15) is 5.56 Å². The van der Waals surface area contributed by atoms with Crippen LogP contribution in [0, 0.1) is 0 Å². The largest absolute Gasteiger partial charge is 0.489 e. The van der Waals surface area contributed by atoms with Gasteiger partial charge in [0.2, 0.25) is 6.79 Å². The van der Waals surface area contributed by atoms with Gasteiger partial charge in [0.25, 0.3) is 0 Å². The molecule has 0 atom stereocenters. The van der Waals surface area contributed by atoms with Crippen LogP contribution in [0.2, 0.25) is 0 Å². The van der Waals surface area contributed by atoms with E-state index in [4.69, 9.17) is 19.9 Å². The molecule has 1 aliphatic rings. The lowest BCUT2D eigenvalue weighted by Crippen LogP contribution is -2.02. The average Bonchev–Trinajstić information content (AvgIpc) is 2.71. The van der Waals surface area contributed by atoms with Gasteiger partial charge in [-0.25, -0.2) is 0 Å². The van der Waals surface area contributed by atoms with Crippen LogP contribution in [-0.2, 0) is 6.54 Å². The van der Waals surface area contributed by atoms with Crippen molar-refractivity contribution in [1.29, 1.82) is 0 Å². The smallest absolute Gasteiger partial charge is 0.231 e. The molecule has 1 aliphatic heterocycles. The van der Waals surface area contributed by atoms with Crippen LogP contribution in [0.3, 0.4) is 0 Å². The molecule has 0 unspecified atom stereocenters. The van der Waals surface area contributed by atoms with Crippen molar-refractivity contribution in [2.45, 2.75) is 6.54 Å². The Labute approximate surface area is 88.2 Å². The highest BCUT2D eigenvalue weighted by Gasteiger charge is 2.17. The standard InChI is InChI=1S/C11H13NO3/c1-2-3-13-9-5-11-10(14-7-15-11)4-8(9)6-12/h2,4-5H,1,3,6-7,12H2. The van der Waals surface area contributed by atoms with E-state index in [9.17, 15) is 0 Å². The first kappa shape index (κ1) is 9.86. The Kier molecular flexibility index (Phi) is 2.78. The summed E-state index contributed by atoms with van der Waals surface area (Å²) in [7, 11) is 0. The van der Waals surface area contributed by atoms with Crippen LogP contribution in [0.25, 0.3) is 0 Å². The van der Waals surface area contributed by atoms with Gasteiger partial charge in [-0.15, -0.1) is 0 Å². The first-order chi connectivity index (χ1) is 7.35. The first-order valence-corrected chi connectivity index (χ1v) is 4.71. The molecule has 0 aromatic heterocycles. The Morgan fingerprint density at radius 3 is 2.80 bits per heavy atom. The minimum atomic E-state index is 0.254. The molecule has 0 bridgehead atoms. The van der Waals surface area contributed by atoms with Gasteiger partial charge >= 0.3 is 0 Å². The second-order valence-corrected chi connectivity index (χ2v) is 3.12. The molecule has 0 aliphatic carbocycles. The van der Waals surface area contributed by atoms with E-state index in [2.05, 4.69) is 6.58 Å². The Morgan fingerprint density at radius 1 is 1.40 bits per heavy atom. The van der Waals surface area contributed by atoms with Gasteiger partial charge in [0.1, 0.15) is 12.4 Å². The molecule has 0 radical (unpaired) electrons. The maximum atomic E-state index is 5.61. The molecule has 1 heterocycles. The summed E-state index contributed by atoms with van der Waals surface area (Å²) >= 11 is 0. The van der Waals surface area contributed by atoms with Gasteiger partial charge in [-0.3, -0.25) is 0 Å². The van der Waals surface area contributed by atoms with Crippen LogP contribution in [0.5, 0.6) is 17.2 Å².